The fourth-order valence-corrected chi connectivity index (χ4v) is 3.33. The van der Waals surface area contributed by atoms with Crippen LogP contribution in [0.1, 0.15) is 44.8 Å². The fourth-order valence-electron chi connectivity index (χ4n) is 2.94. The van der Waals surface area contributed by atoms with Crippen LogP contribution in [0.3, 0.4) is 0 Å². The summed E-state index contributed by atoms with van der Waals surface area (Å²) >= 11 is 4.78. The van der Waals surface area contributed by atoms with Crippen LogP contribution in [0, 0.1) is 6.92 Å². The van der Waals surface area contributed by atoms with Gasteiger partial charge in [0.15, 0.2) is 0 Å². The van der Waals surface area contributed by atoms with Gasteiger partial charge in [-0.05, 0) is 36.6 Å². The summed E-state index contributed by atoms with van der Waals surface area (Å²) in [6.45, 7) is 2.01. The Hall–Kier alpha value is -2.52. The Bertz CT molecular complexity index is 831. The standard InChI is InChI=1S/C23H23NOS/c1-17-12-14-20(15-13-17)23(25)24-21(18-8-4-2-5-9-18)16-22(26)19-10-6-3-7-11-19/h2-15,21-22,26H,16H2,1H3,(H,24,25)/t21-,22+/m0/s1. The Kier molecular flexibility index (Phi) is 6.13. The van der Waals surface area contributed by atoms with Crippen molar-refractivity contribution in [2.45, 2.75) is 24.6 Å². The minimum absolute atomic E-state index is 0.0414. The lowest BCUT2D eigenvalue weighted by molar-refractivity contribution is 0.0934. The van der Waals surface area contributed by atoms with E-state index in [2.05, 4.69) is 17.4 Å². The zero-order chi connectivity index (χ0) is 18.4. The van der Waals surface area contributed by atoms with Crippen LogP contribution in [-0.2, 0) is 0 Å². The predicted molar refractivity (Wildman–Crippen MR) is 111 cm³/mol. The molecule has 26 heavy (non-hydrogen) atoms. The lowest BCUT2D eigenvalue weighted by Gasteiger charge is -2.23. The summed E-state index contributed by atoms with van der Waals surface area (Å²) in [5.41, 5.74) is 4.05. The molecule has 132 valence electrons. The molecule has 3 rings (SSSR count). The van der Waals surface area contributed by atoms with Gasteiger partial charge in [-0.25, -0.2) is 0 Å². The summed E-state index contributed by atoms with van der Waals surface area (Å²) in [7, 11) is 0. The quantitative estimate of drug-likeness (QED) is 0.556. The number of carbonyl (C=O) groups excluding carboxylic acids is 1. The van der Waals surface area contributed by atoms with Gasteiger partial charge in [0.1, 0.15) is 0 Å². The highest BCUT2D eigenvalue weighted by Crippen LogP contribution is 2.31. The van der Waals surface area contributed by atoms with Gasteiger partial charge < -0.3 is 5.32 Å². The molecule has 0 fully saturated rings. The minimum Gasteiger partial charge on any atom is -0.345 e. The molecule has 0 aliphatic carbocycles. The van der Waals surface area contributed by atoms with E-state index in [-0.39, 0.29) is 17.2 Å². The van der Waals surface area contributed by atoms with E-state index in [4.69, 9.17) is 12.6 Å². The van der Waals surface area contributed by atoms with Crippen LogP contribution in [0.25, 0.3) is 0 Å². The topological polar surface area (TPSA) is 29.1 Å². The largest absolute Gasteiger partial charge is 0.345 e. The maximum absolute atomic E-state index is 12.7. The second-order valence-electron chi connectivity index (χ2n) is 6.46. The molecule has 0 spiro atoms. The lowest BCUT2D eigenvalue weighted by atomic mass is 9.98. The summed E-state index contributed by atoms with van der Waals surface area (Å²) in [5.74, 6) is -0.0625. The molecular weight excluding hydrogens is 338 g/mol. The van der Waals surface area contributed by atoms with Gasteiger partial charge in [-0.1, -0.05) is 78.4 Å². The highest BCUT2D eigenvalue weighted by molar-refractivity contribution is 7.80. The number of amides is 1. The third kappa shape index (κ3) is 4.77. The van der Waals surface area contributed by atoms with Crippen molar-refractivity contribution in [3.05, 3.63) is 107 Å². The van der Waals surface area contributed by atoms with E-state index >= 15 is 0 Å². The summed E-state index contributed by atoms with van der Waals surface area (Å²) in [6, 6.07) is 27.8. The second-order valence-corrected chi connectivity index (χ2v) is 7.09. The summed E-state index contributed by atoms with van der Waals surface area (Å²) in [4.78, 5) is 12.7. The minimum atomic E-state index is -0.104. The van der Waals surface area contributed by atoms with Crippen molar-refractivity contribution in [1.29, 1.82) is 0 Å². The van der Waals surface area contributed by atoms with Gasteiger partial charge in [-0.2, -0.15) is 12.6 Å². The number of hydrogen-bond acceptors (Lipinski definition) is 2. The maximum atomic E-state index is 12.7. The van der Waals surface area contributed by atoms with E-state index in [0.29, 0.717) is 5.56 Å². The van der Waals surface area contributed by atoms with Crippen LogP contribution in [0.5, 0.6) is 0 Å². The Balaban J connectivity index is 1.79. The van der Waals surface area contributed by atoms with E-state index < -0.39 is 0 Å². The highest BCUT2D eigenvalue weighted by Gasteiger charge is 2.19. The van der Waals surface area contributed by atoms with Crippen molar-refractivity contribution in [2.24, 2.45) is 0 Å². The average molecular weight is 362 g/mol. The molecule has 2 nitrogen and oxygen atoms in total. The van der Waals surface area contributed by atoms with Crippen molar-refractivity contribution < 1.29 is 4.79 Å². The first-order chi connectivity index (χ1) is 12.6. The zero-order valence-electron chi connectivity index (χ0n) is 14.8. The van der Waals surface area contributed by atoms with E-state index in [1.807, 2.05) is 79.7 Å². The van der Waals surface area contributed by atoms with Gasteiger partial charge in [0.25, 0.3) is 5.91 Å². The molecule has 0 aromatic heterocycles. The zero-order valence-corrected chi connectivity index (χ0v) is 15.7. The Morgan fingerprint density at radius 3 is 1.96 bits per heavy atom. The summed E-state index contributed by atoms with van der Waals surface area (Å²) in [5, 5.41) is 3.22. The number of hydrogen-bond donors (Lipinski definition) is 2. The van der Waals surface area contributed by atoms with Crippen molar-refractivity contribution in [3.8, 4) is 0 Å². The second kappa shape index (κ2) is 8.72. The Labute approximate surface area is 160 Å². The molecule has 0 unspecified atom stereocenters. The van der Waals surface area contributed by atoms with Crippen LogP contribution >= 0.6 is 12.6 Å². The first kappa shape index (κ1) is 18.3. The van der Waals surface area contributed by atoms with Gasteiger partial charge in [0.05, 0.1) is 6.04 Å². The number of rotatable bonds is 6. The van der Waals surface area contributed by atoms with E-state index in [9.17, 15) is 4.79 Å². The molecule has 0 bridgehead atoms. The van der Waals surface area contributed by atoms with Crippen LogP contribution in [0.2, 0.25) is 0 Å². The number of thiol groups is 1. The Morgan fingerprint density at radius 1 is 0.846 bits per heavy atom. The summed E-state index contributed by atoms with van der Waals surface area (Å²) in [6.07, 6.45) is 0.717. The number of carbonyl (C=O) groups is 1. The van der Waals surface area contributed by atoms with Gasteiger partial charge in [0, 0.05) is 10.8 Å². The van der Waals surface area contributed by atoms with E-state index in [0.717, 1.165) is 23.1 Å². The first-order valence-corrected chi connectivity index (χ1v) is 9.30. The number of nitrogens with one attached hydrogen (secondary N) is 1. The molecule has 0 heterocycles. The van der Waals surface area contributed by atoms with Gasteiger partial charge >= 0.3 is 0 Å². The molecule has 3 aromatic carbocycles. The predicted octanol–water partition coefficient (Wildman–Crippen LogP) is 5.53. The maximum Gasteiger partial charge on any atom is 0.251 e. The fraction of sp³-hybridized carbons (Fsp3) is 0.174. The third-order valence-electron chi connectivity index (χ3n) is 4.46. The number of benzene rings is 3. The molecule has 3 aromatic rings. The molecule has 0 radical (unpaired) electrons. The lowest BCUT2D eigenvalue weighted by Crippen LogP contribution is -2.29. The molecule has 0 aliphatic rings. The summed E-state index contributed by atoms with van der Waals surface area (Å²) < 4.78 is 0. The van der Waals surface area contributed by atoms with Crippen LogP contribution < -0.4 is 5.32 Å². The normalized spacial score (nSPS) is 13.0. The van der Waals surface area contributed by atoms with Gasteiger partial charge in [-0.3, -0.25) is 4.79 Å². The van der Waals surface area contributed by atoms with Crippen LogP contribution in [0.4, 0.5) is 0 Å². The molecular formula is C23H23NOS. The number of aryl methyl sites for hydroxylation is 1. The first-order valence-electron chi connectivity index (χ1n) is 8.79. The molecule has 1 amide bonds. The van der Waals surface area contributed by atoms with Crippen molar-refractivity contribution in [2.75, 3.05) is 0 Å². The van der Waals surface area contributed by atoms with Gasteiger partial charge in [0.2, 0.25) is 0 Å². The molecule has 0 saturated heterocycles. The molecule has 1 N–H and O–H groups in total. The van der Waals surface area contributed by atoms with Crippen molar-refractivity contribution in [3.63, 3.8) is 0 Å². The van der Waals surface area contributed by atoms with Crippen molar-refractivity contribution in [1.82, 2.24) is 5.32 Å². The monoisotopic (exact) mass is 361 g/mol. The highest BCUT2D eigenvalue weighted by atomic mass is 32.1. The van der Waals surface area contributed by atoms with Crippen molar-refractivity contribution >= 4 is 18.5 Å². The third-order valence-corrected chi connectivity index (χ3v) is 4.97. The smallest absolute Gasteiger partial charge is 0.251 e. The Morgan fingerprint density at radius 2 is 1.38 bits per heavy atom. The molecule has 3 heteroatoms. The molecule has 0 saturated carbocycles. The van der Waals surface area contributed by atoms with Gasteiger partial charge in [-0.15, -0.1) is 0 Å². The van der Waals surface area contributed by atoms with Crippen LogP contribution in [-0.4, -0.2) is 5.91 Å². The van der Waals surface area contributed by atoms with E-state index in [1.54, 1.807) is 0 Å². The SMILES string of the molecule is Cc1ccc(C(=O)N[C@@H](C[C@@H](S)c2ccccc2)c2ccccc2)cc1. The van der Waals surface area contributed by atoms with Crippen LogP contribution in [0.15, 0.2) is 84.9 Å². The molecule has 0 aliphatic heterocycles. The average Bonchev–Trinajstić information content (AvgIpc) is 2.69. The molecule has 2 atom stereocenters. The van der Waals surface area contributed by atoms with E-state index in [1.165, 1.54) is 0 Å².